The summed E-state index contributed by atoms with van der Waals surface area (Å²) in [5, 5.41) is 11.6. The van der Waals surface area contributed by atoms with Crippen LogP contribution >= 0.6 is 15.9 Å². The summed E-state index contributed by atoms with van der Waals surface area (Å²) in [6.45, 7) is 1.91. The molecule has 0 unspecified atom stereocenters. The molecule has 98 valence electrons. The van der Waals surface area contributed by atoms with Crippen LogP contribution in [0, 0.1) is 12.7 Å². The van der Waals surface area contributed by atoms with Gasteiger partial charge in [-0.3, -0.25) is 4.79 Å². The third kappa shape index (κ3) is 3.12. The van der Waals surface area contributed by atoms with Crippen LogP contribution in [0.4, 0.5) is 10.1 Å². The second-order valence-corrected chi connectivity index (χ2v) is 4.96. The number of hydrogen-bond acceptors (Lipinski definition) is 2. The average molecular weight is 324 g/mol. The van der Waals surface area contributed by atoms with Crippen LogP contribution in [0.15, 0.2) is 40.9 Å². The number of anilines is 1. The van der Waals surface area contributed by atoms with Gasteiger partial charge in [-0.15, -0.1) is 0 Å². The van der Waals surface area contributed by atoms with Gasteiger partial charge in [-0.05, 0) is 52.7 Å². The van der Waals surface area contributed by atoms with Crippen molar-refractivity contribution in [3.63, 3.8) is 0 Å². The van der Waals surface area contributed by atoms with Crippen LogP contribution in [-0.2, 0) is 0 Å². The molecule has 0 aliphatic rings. The zero-order chi connectivity index (χ0) is 14.0. The van der Waals surface area contributed by atoms with Gasteiger partial charge in [0.1, 0.15) is 11.6 Å². The first kappa shape index (κ1) is 13.5. The fourth-order valence-corrected chi connectivity index (χ4v) is 2.27. The summed E-state index contributed by atoms with van der Waals surface area (Å²) in [5.41, 5.74) is 1.45. The molecule has 0 aromatic heterocycles. The molecule has 3 nitrogen and oxygen atoms in total. The summed E-state index contributed by atoms with van der Waals surface area (Å²) in [7, 11) is 0. The molecule has 0 aliphatic carbocycles. The molecule has 0 spiro atoms. The molecule has 0 saturated heterocycles. The minimum absolute atomic E-state index is 0.0234. The van der Waals surface area contributed by atoms with E-state index in [1.54, 1.807) is 12.1 Å². The van der Waals surface area contributed by atoms with Crippen molar-refractivity contribution in [2.75, 3.05) is 5.32 Å². The SMILES string of the molecule is Cc1ccc(C(=O)Nc2ccc(O)cc2F)c(Br)c1. The molecule has 0 heterocycles. The highest BCUT2D eigenvalue weighted by Crippen LogP contribution is 2.23. The summed E-state index contributed by atoms with van der Waals surface area (Å²) >= 11 is 3.30. The predicted octanol–water partition coefficient (Wildman–Crippen LogP) is 3.85. The molecule has 0 fully saturated rings. The number of nitrogens with one attached hydrogen (secondary N) is 1. The van der Waals surface area contributed by atoms with Crippen molar-refractivity contribution in [2.24, 2.45) is 0 Å². The van der Waals surface area contributed by atoms with Gasteiger partial charge in [0.2, 0.25) is 0 Å². The lowest BCUT2D eigenvalue weighted by molar-refractivity contribution is 0.102. The quantitative estimate of drug-likeness (QED) is 0.824. The lowest BCUT2D eigenvalue weighted by atomic mass is 10.1. The lowest BCUT2D eigenvalue weighted by Crippen LogP contribution is -2.13. The normalized spacial score (nSPS) is 10.3. The average Bonchev–Trinajstić information content (AvgIpc) is 2.32. The second kappa shape index (κ2) is 5.40. The zero-order valence-electron chi connectivity index (χ0n) is 10.1. The van der Waals surface area contributed by atoms with E-state index < -0.39 is 11.7 Å². The van der Waals surface area contributed by atoms with E-state index in [-0.39, 0.29) is 11.4 Å². The van der Waals surface area contributed by atoms with Gasteiger partial charge < -0.3 is 10.4 Å². The standard InChI is InChI=1S/C14H11BrFNO2/c1-8-2-4-10(11(15)6-8)14(19)17-13-5-3-9(18)7-12(13)16/h2-7,18H,1H3,(H,17,19). The van der Waals surface area contributed by atoms with Gasteiger partial charge in [-0.1, -0.05) is 6.07 Å². The first-order valence-electron chi connectivity index (χ1n) is 5.53. The summed E-state index contributed by atoms with van der Waals surface area (Å²) < 4.78 is 14.1. The molecule has 0 radical (unpaired) electrons. The monoisotopic (exact) mass is 323 g/mol. The Labute approximate surface area is 118 Å². The van der Waals surface area contributed by atoms with Gasteiger partial charge >= 0.3 is 0 Å². The number of rotatable bonds is 2. The molecule has 0 atom stereocenters. The summed E-state index contributed by atoms with van der Waals surface area (Å²) in [6, 6.07) is 8.83. The number of amides is 1. The molecule has 5 heteroatoms. The highest BCUT2D eigenvalue weighted by molar-refractivity contribution is 9.10. The first-order chi connectivity index (χ1) is 8.97. The van der Waals surface area contributed by atoms with Gasteiger partial charge in [0.15, 0.2) is 0 Å². The minimum atomic E-state index is -0.684. The number of aromatic hydroxyl groups is 1. The third-order valence-corrected chi connectivity index (χ3v) is 3.23. The maximum atomic E-state index is 13.5. The molecule has 0 aliphatic heterocycles. The predicted molar refractivity (Wildman–Crippen MR) is 74.9 cm³/mol. The van der Waals surface area contributed by atoms with E-state index >= 15 is 0 Å². The molecule has 2 N–H and O–H groups in total. The Morgan fingerprint density at radius 2 is 2.00 bits per heavy atom. The molecule has 2 aromatic rings. The van der Waals surface area contributed by atoms with Gasteiger partial charge in [-0.25, -0.2) is 4.39 Å². The van der Waals surface area contributed by atoms with Crippen LogP contribution in [0.3, 0.4) is 0 Å². The van der Waals surface area contributed by atoms with Crippen molar-refractivity contribution < 1.29 is 14.3 Å². The number of carbonyl (C=O) groups excluding carboxylic acids is 1. The van der Waals surface area contributed by atoms with Crippen LogP contribution in [0.5, 0.6) is 5.75 Å². The van der Waals surface area contributed by atoms with Crippen LogP contribution in [0.25, 0.3) is 0 Å². The molecule has 0 saturated carbocycles. The molecule has 19 heavy (non-hydrogen) atoms. The molecule has 2 rings (SSSR count). The number of phenols is 1. The smallest absolute Gasteiger partial charge is 0.256 e. The van der Waals surface area contributed by atoms with Crippen molar-refractivity contribution in [1.29, 1.82) is 0 Å². The van der Waals surface area contributed by atoms with E-state index in [2.05, 4.69) is 21.2 Å². The van der Waals surface area contributed by atoms with Crippen LogP contribution < -0.4 is 5.32 Å². The topological polar surface area (TPSA) is 49.3 Å². The van der Waals surface area contributed by atoms with Crippen molar-refractivity contribution in [3.05, 3.63) is 57.8 Å². The van der Waals surface area contributed by atoms with Crippen molar-refractivity contribution in [2.45, 2.75) is 6.92 Å². The Bertz CT molecular complexity index is 643. The van der Waals surface area contributed by atoms with Crippen molar-refractivity contribution in [1.82, 2.24) is 0 Å². The van der Waals surface area contributed by atoms with Crippen LogP contribution in [0.2, 0.25) is 0 Å². The number of aryl methyl sites for hydroxylation is 1. The highest BCUT2D eigenvalue weighted by Gasteiger charge is 2.12. The van der Waals surface area contributed by atoms with Crippen LogP contribution in [0.1, 0.15) is 15.9 Å². The van der Waals surface area contributed by atoms with Crippen molar-refractivity contribution in [3.8, 4) is 5.75 Å². The number of carbonyl (C=O) groups is 1. The maximum Gasteiger partial charge on any atom is 0.256 e. The Morgan fingerprint density at radius 3 is 2.63 bits per heavy atom. The number of benzene rings is 2. The number of phenolic OH excluding ortho intramolecular Hbond substituents is 1. The van der Waals surface area contributed by atoms with Gasteiger partial charge in [-0.2, -0.15) is 0 Å². The van der Waals surface area contributed by atoms with Gasteiger partial charge in [0.25, 0.3) is 5.91 Å². The number of halogens is 2. The largest absolute Gasteiger partial charge is 0.508 e. The molecule has 0 bridgehead atoms. The maximum absolute atomic E-state index is 13.5. The van der Waals surface area contributed by atoms with E-state index in [0.29, 0.717) is 10.0 Å². The lowest BCUT2D eigenvalue weighted by Gasteiger charge is -2.08. The number of hydrogen-bond donors (Lipinski definition) is 2. The zero-order valence-corrected chi connectivity index (χ0v) is 11.7. The summed E-state index contributed by atoms with van der Waals surface area (Å²) in [4.78, 5) is 12.0. The van der Waals surface area contributed by atoms with E-state index in [1.807, 2.05) is 13.0 Å². The van der Waals surface area contributed by atoms with Gasteiger partial charge in [0, 0.05) is 10.5 Å². The fraction of sp³-hybridized carbons (Fsp3) is 0.0714. The van der Waals surface area contributed by atoms with Crippen molar-refractivity contribution >= 4 is 27.5 Å². The molecule has 2 aromatic carbocycles. The van der Waals surface area contributed by atoms with Crippen LogP contribution in [-0.4, -0.2) is 11.0 Å². The second-order valence-electron chi connectivity index (χ2n) is 4.10. The molecular formula is C14H11BrFNO2. The Balaban J connectivity index is 2.25. The summed E-state index contributed by atoms with van der Waals surface area (Å²) in [5.74, 6) is -1.29. The Kier molecular flexibility index (Phi) is 3.85. The van der Waals surface area contributed by atoms with Gasteiger partial charge in [0.05, 0.1) is 11.3 Å². The van der Waals surface area contributed by atoms with E-state index in [0.717, 1.165) is 11.6 Å². The summed E-state index contributed by atoms with van der Waals surface area (Å²) in [6.07, 6.45) is 0. The van der Waals surface area contributed by atoms with E-state index in [4.69, 9.17) is 5.11 Å². The minimum Gasteiger partial charge on any atom is -0.508 e. The Hall–Kier alpha value is -1.88. The third-order valence-electron chi connectivity index (χ3n) is 2.57. The molecular weight excluding hydrogens is 313 g/mol. The Morgan fingerprint density at radius 1 is 1.26 bits per heavy atom. The molecule has 1 amide bonds. The van der Waals surface area contributed by atoms with E-state index in [1.165, 1.54) is 12.1 Å². The van der Waals surface area contributed by atoms with E-state index in [9.17, 15) is 9.18 Å². The first-order valence-corrected chi connectivity index (χ1v) is 6.32. The highest BCUT2D eigenvalue weighted by atomic mass is 79.9. The fourth-order valence-electron chi connectivity index (χ4n) is 1.60.